The van der Waals surface area contributed by atoms with Gasteiger partial charge in [0, 0.05) is 37.3 Å². The average molecular weight is 461 g/mol. The van der Waals surface area contributed by atoms with Crippen molar-refractivity contribution in [3.05, 3.63) is 45.9 Å². The smallest absolute Gasteiger partial charge is 0.436 e. The van der Waals surface area contributed by atoms with Crippen LogP contribution >= 0.6 is 23.2 Å². The molecule has 0 bridgehead atoms. The molecular formula is C19H17Cl2F3N4O2. The third-order valence-corrected chi connectivity index (χ3v) is 5.96. The number of amides is 1. The van der Waals surface area contributed by atoms with E-state index in [4.69, 9.17) is 27.6 Å². The number of carbonyl (C=O) groups excluding carboxylic acids is 1. The lowest BCUT2D eigenvalue weighted by Crippen LogP contribution is -2.49. The van der Waals surface area contributed by atoms with Gasteiger partial charge in [-0.25, -0.2) is 0 Å². The summed E-state index contributed by atoms with van der Waals surface area (Å²) < 4.78 is 45.4. The lowest BCUT2D eigenvalue weighted by atomic mass is 10.1. The molecule has 2 aromatic heterocycles. The number of alkyl halides is 3. The zero-order valence-electron chi connectivity index (χ0n) is 15.8. The number of benzene rings is 1. The molecule has 4 rings (SSSR count). The van der Waals surface area contributed by atoms with Crippen molar-refractivity contribution in [1.29, 1.82) is 0 Å². The summed E-state index contributed by atoms with van der Waals surface area (Å²) in [5, 5.41) is 4.43. The quantitative estimate of drug-likeness (QED) is 0.572. The Morgan fingerprint density at radius 3 is 2.50 bits per heavy atom. The number of hydrogen-bond donors (Lipinski definition) is 0. The highest BCUT2D eigenvalue weighted by atomic mass is 35.5. The van der Waals surface area contributed by atoms with Crippen molar-refractivity contribution in [2.75, 3.05) is 31.1 Å². The number of carbonyl (C=O) groups is 1. The zero-order chi connectivity index (χ0) is 21.6. The van der Waals surface area contributed by atoms with Crippen molar-refractivity contribution in [2.24, 2.45) is 0 Å². The van der Waals surface area contributed by atoms with Crippen LogP contribution in [-0.2, 0) is 17.5 Å². The summed E-state index contributed by atoms with van der Waals surface area (Å²) in [5.41, 5.74) is 0.504. The maximum Gasteiger partial charge on any atom is 0.436 e. The van der Waals surface area contributed by atoms with Gasteiger partial charge in [-0.2, -0.15) is 18.3 Å². The maximum absolute atomic E-state index is 13.0. The van der Waals surface area contributed by atoms with Crippen LogP contribution < -0.4 is 4.90 Å². The van der Waals surface area contributed by atoms with Crippen LogP contribution in [0.25, 0.3) is 11.0 Å². The Hall–Kier alpha value is -2.39. The lowest BCUT2D eigenvalue weighted by molar-refractivity contribution is -0.142. The molecule has 1 aliphatic heterocycles. The number of fused-ring (bicyclic) bond motifs is 1. The molecule has 1 aliphatic rings. The van der Waals surface area contributed by atoms with Crippen molar-refractivity contribution in [3.63, 3.8) is 0 Å². The third kappa shape index (κ3) is 3.72. The van der Waals surface area contributed by atoms with Crippen LogP contribution in [0.3, 0.4) is 0 Å². The van der Waals surface area contributed by atoms with Gasteiger partial charge in [0.25, 0.3) is 0 Å². The van der Waals surface area contributed by atoms with Crippen LogP contribution in [0.5, 0.6) is 0 Å². The van der Waals surface area contributed by atoms with E-state index in [1.54, 1.807) is 17.2 Å². The van der Waals surface area contributed by atoms with E-state index in [2.05, 4.69) is 10.00 Å². The molecule has 1 aromatic carbocycles. The first-order valence-corrected chi connectivity index (χ1v) is 9.91. The summed E-state index contributed by atoms with van der Waals surface area (Å²) >= 11 is 11.9. The number of hydrogen-bond acceptors (Lipinski definition) is 4. The van der Waals surface area contributed by atoms with Crippen LogP contribution in [-0.4, -0.2) is 46.8 Å². The van der Waals surface area contributed by atoms with E-state index in [1.807, 2.05) is 12.1 Å². The topological polar surface area (TPSA) is 54.5 Å². The van der Waals surface area contributed by atoms with Crippen LogP contribution in [0.15, 0.2) is 28.9 Å². The molecule has 0 unspecified atom stereocenters. The fourth-order valence-electron chi connectivity index (χ4n) is 3.57. The fourth-order valence-corrected chi connectivity index (χ4v) is 4.03. The molecule has 11 heteroatoms. The average Bonchev–Trinajstić information content (AvgIpc) is 3.30. The Labute approximate surface area is 179 Å². The Morgan fingerprint density at radius 2 is 1.87 bits per heavy atom. The van der Waals surface area contributed by atoms with Gasteiger partial charge >= 0.3 is 6.18 Å². The fraction of sp³-hybridized carbons (Fsp3) is 0.368. The van der Waals surface area contributed by atoms with Crippen molar-refractivity contribution in [3.8, 4) is 0 Å². The first-order valence-electron chi connectivity index (χ1n) is 9.15. The van der Waals surface area contributed by atoms with Gasteiger partial charge in [0.05, 0.1) is 22.0 Å². The highest BCUT2D eigenvalue weighted by molar-refractivity contribution is 6.35. The molecule has 0 radical (unpaired) electrons. The second-order valence-corrected chi connectivity index (χ2v) is 7.79. The van der Waals surface area contributed by atoms with Crippen molar-refractivity contribution in [1.82, 2.24) is 14.7 Å². The Kier molecular flexibility index (Phi) is 5.36. The standard InChI is InChI=1S/C19H17Cl2F3N4O2/c1-11-16(21)18(19(22,23)24)25-28(11)10-15(29)27-7-5-26(6-8-27)14-3-2-13(20)17-12(14)4-9-30-17/h2-4,9H,5-8,10H2,1H3. The molecular weight excluding hydrogens is 444 g/mol. The van der Waals surface area contributed by atoms with E-state index in [-0.39, 0.29) is 18.1 Å². The minimum absolute atomic E-state index is 0.111. The predicted octanol–water partition coefficient (Wildman–Crippen LogP) is 4.61. The van der Waals surface area contributed by atoms with Crippen LogP contribution in [0.4, 0.5) is 18.9 Å². The molecule has 160 valence electrons. The summed E-state index contributed by atoms with van der Waals surface area (Å²) in [6.07, 6.45) is -3.09. The van der Waals surface area contributed by atoms with Gasteiger partial charge < -0.3 is 14.2 Å². The number of aromatic nitrogens is 2. The Balaban J connectivity index is 1.44. The van der Waals surface area contributed by atoms with Gasteiger partial charge in [-0.3, -0.25) is 9.48 Å². The minimum Gasteiger partial charge on any atom is -0.463 e. The van der Waals surface area contributed by atoms with E-state index in [1.165, 1.54) is 6.92 Å². The molecule has 1 amide bonds. The number of furan rings is 1. The number of piperazine rings is 1. The van der Waals surface area contributed by atoms with E-state index in [0.717, 1.165) is 15.8 Å². The molecule has 3 heterocycles. The van der Waals surface area contributed by atoms with Gasteiger partial charge in [0.1, 0.15) is 6.54 Å². The van der Waals surface area contributed by atoms with Gasteiger partial charge in [-0.15, -0.1) is 0 Å². The molecule has 3 aromatic rings. The summed E-state index contributed by atoms with van der Waals surface area (Å²) in [4.78, 5) is 16.4. The SMILES string of the molecule is Cc1c(Cl)c(C(F)(F)F)nn1CC(=O)N1CCN(c2ccc(Cl)c3occc23)CC1. The number of rotatable bonds is 3. The summed E-state index contributed by atoms with van der Waals surface area (Å²) in [6, 6.07) is 5.52. The number of halogens is 5. The van der Waals surface area contributed by atoms with Crippen molar-refractivity contribution in [2.45, 2.75) is 19.6 Å². The highest BCUT2D eigenvalue weighted by Crippen LogP contribution is 2.36. The maximum atomic E-state index is 13.0. The molecule has 0 aliphatic carbocycles. The third-order valence-electron chi connectivity index (χ3n) is 5.21. The number of anilines is 1. The summed E-state index contributed by atoms with van der Waals surface area (Å²) in [6.45, 7) is 3.11. The molecule has 6 nitrogen and oxygen atoms in total. The van der Waals surface area contributed by atoms with Gasteiger partial charge in [-0.05, 0) is 25.1 Å². The number of nitrogens with zero attached hydrogens (tertiary/aromatic N) is 4. The highest BCUT2D eigenvalue weighted by Gasteiger charge is 2.38. The minimum atomic E-state index is -4.67. The summed E-state index contributed by atoms with van der Waals surface area (Å²) in [7, 11) is 0. The predicted molar refractivity (Wildman–Crippen MR) is 107 cm³/mol. The van der Waals surface area contributed by atoms with E-state index in [0.29, 0.717) is 36.8 Å². The van der Waals surface area contributed by atoms with Gasteiger partial charge in [0.2, 0.25) is 5.91 Å². The lowest BCUT2D eigenvalue weighted by Gasteiger charge is -2.36. The van der Waals surface area contributed by atoms with Crippen LogP contribution in [0, 0.1) is 6.92 Å². The zero-order valence-corrected chi connectivity index (χ0v) is 17.4. The normalized spacial score (nSPS) is 15.3. The first kappa shape index (κ1) is 20.9. The molecule has 1 fully saturated rings. The van der Waals surface area contributed by atoms with Gasteiger partial charge in [-0.1, -0.05) is 23.2 Å². The molecule has 30 heavy (non-hydrogen) atoms. The van der Waals surface area contributed by atoms with E-state index >= 15 is 0 Å². The largest absolute Gasteiger partial charge is 0.463 e. The van der Waals surface area contributed by atoms with E-state index < -0.39 is 16.9 Å². The second kappa shape index (κ2) is 7.70. The molecule has 0 spiro atoms. The van der Waals surface area contributed by atoms with Crippen molar-refractivity contribution >= 4 is 45.8 Å². The molecule has 0 N–H and O–H groups in total. The van der Waals surface area contributed by atoms with Crippen LogP contribution in [0.2, 0.25) is 10.0 Å². The molecule has 1 saturated heterocycles. The van der Waals surface area contributed by atoms with Gasteiger partial charge in [0.15, 0.2) is 11.3 Å². The summed E-state index contributed by atoms with van der Waals surface area (Å²) in [5.74, 6) is -0.310. The Morgan fingerprint density at radius 1 is 1.17 bits per heavy atom. The van der Waals surface area contributed by atoms with Crippen molar-refractivity contribution < 1.29 is 22.4 Å². The first-order chi connectivity index (χ1) is 14.2. The second-order valence-electron chi connectivity index (χ2n) is 7.00. The van der Waals surface area contributed by atoms with Crippen LogP contribution in [0.1, 0.15) is 11.4 Å². The van der Waals surface area contributed by atoms with E-state index in [9.17, 15) is 18.0 Å². The molecule has 0 atom stereocenters. The Bertz CT molecular complexity index is 1100. The molecule has 0 saturated carbocycles. The monoisotopic (exact) mass is 460 g/mol.